The van der Waals surface area contributed by atoms with Crippen molar-refractivity contribution >= 4 is 28.9 Å². The first kappa shape index (κ1) is 21.6. The quantitative estimate of drug-likeness (QED) is 0.218. The van der Waals surface area contributed by atoms with Crippen molar-refractivity contribution in [1.82, 2.24) is 20.3 Å². The third-order valence-electron chi connectivity index (χ3n) is 5.15. The molecular weight excluding hydrogens is 380 g/mol. The lowest BCUT2D eigenvalue weighted by atomic mass is 10.1. The predicted molar refractivity (Wildman–Crippen MR) is 119 cm³/mol. The number of imidazole rings is 1. The molecule has 8 heteroatoms. The first-order valence-electron chi connectivity index (χ1n) is 10.5. The molecule has 0 radical (unpaired) electrons. The first-order valence-corrected chi connectivity index (χ1v) is 10.5. The number of primary amides is 1. The lowest BCUT2D eigenvalue weighted by Crippen LogP contribution is -2.37. The molecule has 2 heterocycles. The number of amides is 1. The number of hydrogen-bond acceptors (Lipinski definition) is 5. The normalized spacial score (nSPS) is 12.2. The number of unbranched alkanes of at least 4 members (excludes halogenated alkanes) is 1. The molecule has 0 aliphatic heterocycles. The van der Waals surface area contributed by atoms with Crippen LogP contribution >= 0.6 is 0 Å². The van der Waals surface area contributed by atoms with Gasteiger partial charge in [0, 0.05) is 34.8 Å². The van der Waals surface area contributed by atoms with Gasteiger partial charge in [-0.1, -0.05) is 31.5 Å². The van der Waals surface area contributed by atoms with Crippen LogP contribution in [0.5, 0.6) is 0 Å². The van der Waals surface area contributed by atoms with Crippen LogP contribution in [0.2, 0.25) is 0 Å². The zero-order valence-corrected chi connectivity index (χ0v) is 17.3. The number of para-hydroxylation sites is 1. The SMILES string of the molecule is CCCCNCCCc1c(N[C@@H](Cc2cnc(C=O)[nH]2)C(N)=O)[nH]c2ccccc12. The number of aryl methyl sites for hydroxylation is 1. The zero-order valence-electron chi connectivity index (χ0n) is 17.3. The summed E-state index contributed by atoms with van der Waals surface area (Å²) in [5.41, 5.74) is 8.49. The molecule has 0 unspecified atom stereocenters. The van der Waals surface area contributed by atoms with Gasteiger partial charge in [0.2, 0.25) is 5.91 Å². The summed E-state index contributed by atoms with van der Waals surface area (Å²) < 4.78 is 0. The van der Waals surface area contributed by atoms with E-state index in [1.807, 2.05) is 18.2 Å². The number of H-pyrrole nitrogens is 2. The summed E-state index contributed by atoms with van der Waals surface area (Å²) in [5, 5.41) is 7.90. The van der Waals surface area contributed by atoms with E-state index in [0.29, 0.717) is 18.4 Å². The highest BCUT2D eigenvalue weighted by Crippen LogP contribution is 2.28. The summed E-state index contributed by atoms with van der Waals surface area (Å²) in [6.45, 7) is 4.16. The monoisotopic (exact) mass is 410 g/mol. The maximum absolute atomic E-state index is 12.1. The molecule has 1 aromatic carbocycles. The minimum atomic E-state index is -0.639. The lowest BCUT2D eigenvalue weighted by molar-refractivity contribution is -0.118. The molecular formula is C22H30N6O2. The van der Waals surface area contributed by atoms with Gasteiger partial charge in [-0.05, 0) is 38.4 Å². The van der Waals surface area contributed by atoms with Gasteiger partial charge >= 0.3 is 0 Å². The van der Waals surface area contributed by atoms with Crippen molar-refractivity contribution in [3.63, 3.8) is 0 Å². The second-order valence-corrected chi connectivity index (χ2v) is 7.45. The van der Waals surface area contributed by atoms with Gasteiger partial charge in [-0.25, -0.2) is 4.98 Å². The fourth-order valence-electron chi connectivity index (χ4n) is 3.56. The molecule has 3 aromatic rings. The van der Waals surface area contributed by atoms with E-state index in [2.05, 4.69) is 38.6 Å². The van der Waals surface area contributed by atoms with Gasteiger partial charge in [-0.15, -0.1) is 0 Å². The Kier molecular flexibility index (Phi) is 7.62. The third kappa shape index (κ3) is 5.48. The van der Waals surface area contributed by atoms with Gasteiger partial charge in [0.15, 0.2) is 12.1 Å². The number of aromatic amines is 2. The summed E-state index contributed by atoms with van der Waals surface area (Å²) in [6, 6.07) is 7.46. The number of aromatic nitrogens is 3. The Morgan fingerprint density at radius 2 is 2.03 bits per heavy atom. The molecule has 0 saturated heterocycles. The number of hydrogen-bond donors (Lipinski definition) is 5. The number of benzene rings is 1. The number of nitrogens with zero attached hydrogens (tertiary/aromatic N) is 1. The summed E-state index contributed by atoms with van der Waals surface area (Å²) in [6.07, 6.45) is 6.73. The van der Waals surface area contributed by atoms with Crippen LogP contribution in [0, 0.1) is 0 Å². The molecule has 0 aliphatic carbocycles. The second kappa shape index (κ2) is 10.6. The van der Waals surface area contributed by atoms with Crippen LogP contribution in [-0.2, 0) is 17.6 Å². The molecule has 6 N–H and O–H groups in total. The summed E-state index contributed by atoms with van der Waals surface area (Å²) in [5.74, 6) is 0.571. The first-order chi connectivity index (χ1) is 14.6. The van der Waals surface area contributed by atoms with Crippen molar-refractivity contribution in [2.75, 3.05) is 18.4 Å². The topological polar surface area (TPSA) is 129 Å². The van der Waals surface area contributed by atoms with E-state index in [-0.39, 0.29) is 5.82 Å². The number of anilines is 1. The van der Waals surface area contributed by atoms with Crippen molar-refractivity contribution < 1.29 is 9.59 Å². The number of carbonyl (C=O) groups is 2. The Bertz CT molecular complexity index is 977. The van der Waals surface area contributed by atoms with E-state index >= 15 is 0 Å². The minimum Gasteiger partial charge on any atom is -0.368 e. The number of rotatable bonds is 13. The Morgan fingerprint density at radius 1 is 1.23 bits per heavy atom. The molecule has 0 bridgehead atoms. The highest BCUT2D eigenvalue weighted by atomic mass is 16.1. The number of nitrogens with one attached hydrogen (secondary N) is 4. The van der Waals surface area contributed by atoms with E-state index in [1.54, 1.807) is 6.20 Å². The molecule has 2 aromatic heterocycles. The van der Waals surface area contributed by atoms with Crippen LogP contribution in [0.1, 0.15) is 48.1 Å². The second-order valence-electron chi connectivity index (χ2n) is 7.45. The molecule has 160 valence electrons. The number of nitrogens with two attached hydrogens (primary N) is 1. The fraction of sp³-hybridized carbons (Fsp3) is 0.409. The molecule has 1 atom stereocenters. The van der Waals surface area contributed by atoms with Crippen LogP contribution in [0.4, 0.5) is 5.82 Å². The fourth-order valence-corrected chi connectivity index (χ4v) is 3.56. The van der Waals surface area contributed by atoms with E-state index < -0.39 is 11.9 Å². The van der Waals surface area contributed by atoms with Crippen LogP contribution in [0.15, 0.2) is 30.5 Å². The average molecular weight is 411 g/mol. The molecule has 3 rings (SSSR count). The van der Waals surface area contributed by atoms with Crippen molar-refractivity contribution in [2.45, 2.75) is 45.1 Å². The third-order valence-corrected chi connectivity index (χ3v) is 5.15. The van der Waals surface area contributed by atoms with E-state index in [1.165, 1.54) is 12.8 Å². The predicted octanol–water partition coefficient (Wildman–Crippen LogP) is 2.53. The van der Waals surface area contributed by atoms with E-state index in [0.717, 1.165) is 48.2 Å². The van der Waals surface area contributed by atoms with Gasteiger partial charge in [0.25, 0.3) is 0 Å². The van der Waals surface area contributed by atoms with Crippen molar-refractivity contribution in [3.8, 4) is 0 Å². The summed E-state index contributed by atoms with van der Waals surface area (Å²) in [7, 11) is 0. The average Bonchev–Trinajstić information content (AvgIpc) is 3.34. The molecule has 0 saturated carbocycles. The van der Waals surface area contributed by atoms with Crippen LogP contribution in [0.3, 0.4) is 0 Å². The Labute approximate surface area is 176 Å². The number of carbonyl (C=O) groups excluding carboxylic acids is 2. The Hall–Kier alpha value is -3.13. The molecule has 0 aliphatic rings. The van der Waals surface area contributed by atoms with Crippen LogP contribution < -0.4 is 16.4 Å². The minimum absolute atomic E-state index is 0.232. The number of aldehydes is 1. The molecule has 0 spiro atoms. The Balaban J connectivity index is 1.75. The van der Waals surface area contributed by atoms with Gasteiger partial charge < -0.3 is 26.3 Å². The van der Waals surface area contributed by atoms with Crippen LogP contribution in [-0.4, -0.2) is 46.3 Å². The highest BCUT2D eigenvalue weighted by molar-refractivity contribution is 5.90. The Morgan fingerprint density at radius 3 is 2.77 bits per heavy atom. The van der Waals surface area contributed by atoms with Crippen LogP contribution in [0.25, 0.3) is 10.9 Å². The number of fused-ring (bicyclic) bond motifs is 1. The molecule has 30 heavy (non-hydrogen) atoms. The maximum atomic E-state index is 12.1. The summed E-state index contributed by atoms with van der Waals surface area (Å²) >= 11 is 0. The van der Waals surface area contributed by atoms with Gasteiger partial charge in [-0.2, -0.15) is 0 Å². The maximum Gasteiger partial charge on any atom is 0.240 e. The zero-order chi connectivity index (χ0) is 21.3. The van der Waals surface area contributed by atoms with E-state index in [9.17, 15) is 9.59 Å². The standard InChI is InChI=1S/C22H30N6O2/c1-2-3-10-24-11-6-8-17-16-7-4-5-9-18(16)27-22(17)28-19(21(23)30)12-15-13-25-20(14-29)26-15/h4-5,7,9,13-14,19,24,27-28H,2-3,6,8,10-12H2,1H3,(H2,23,30)(H,25,26)/t19-/m0/s1. The van der Waals surface area contributed by atoms with Crippen molar-refractivity contribution in [2.24, 2.45) is 5.73 Å². The van der Waals surface area contributed by atoms with Gasteiger partial charge in [0.1, 0.15) is 11.9 Å². The van der Waals surface area contributed by atoms with Crippen molar-refractivity contribution in [3.05, 3.63) is 47.5 Å². The van der Waals surface area contributed by atoms with Gasteiger partial charge in [-0.3, -0.25) is 9.59 Å². The lowest BCUT2D eigenvalue weighted by Gasteiger charge is -2.16. The smallest absolute Gasteiger partial charge is 0.240 e. The molecule has 0 fully saturated rings. The van der Waals surface area contributed by atoms with Crippen molar-refractivity contribution in [1.29, 1.82) is 0 Å². The largest absolute Gasteiger partial charge is 0.368 e. The molecule has 1 amide bonds. The molecule has 8 nitrogen and oxygen atoms in total. The van der Waals surface area contributed by atoms with E-state index in [4.69, 9.17) is 5.73 Å². The summed E-state index contributed by atoms with van der Waals surface area (Å²) in [4.78, 5) is 33.2. The van der Waals surface area contributed by atoms with Gasteiger partial charge in [0.05, 0.1) is 0 Å². The highest BCUT2D eigenvalue weighted by Gasteiger charge is 2.20.